The van der Waals surface area contributed by atoms with Gasteiger partial charge < -0.3 is 4.74 Å². The van der Waals surface area contributed by atoms with Crippen LogP contribution in [-0.4, -0.2) is 16.9 Å². The summed E-state index contributed by atoms with van der Waals surface area (Å²) in [6.45, 7) is 0.228. The first-order chi connectivity index (χ1) is 8.76. The van der Waals surface area contributed by atoms with Crippen LogP contribution in [0.5, 0.6) is 5.75 Å². The summed E-state index contributed by atoms with van der Waals surface area (Å²) in [6, 6.07) is 7.60. The summed E-state index contributed by atoms with van der Waals surface area (Å²) >= 11 is 0. The smallest absolute Gasteiger partial charge is 0.128 e. The Hall–Kier alpha value is -2.72. The van der Waals surface area contributed by atoms with Crippen molar-refractivity contribution in [1.82, 2.24) is 9.78 Å². The van der Waals surface area contributed by atoms with Crippen LogP contribution in [0.25, 0.3) is 11.1 Å². The molecule has 1 heterocycles. The number of hydrogen-bond acceptors (Lipinski definition) is 3. The van der Waals surface area contributed by atoms with Crippen molar-refractivity contribution in [1.29, 1.82) is 5.26 Å². The molecule has 0 saturated heterocycles. The number of benzene rings is 1. The zero-order valence-corrected chi connectivity index (χ0v) is 9.92. The van der Waals surface area contributed by atoms with Gasteiger partial charge in [0.2, 0.25) is 0 Å². The van der Waals surface area contributed by atoms with Gasteiger partial charge in [0.15, 0.2) is 0 Å². The summed E-state index contributed by atoms with van der Waals surface area (Å²) in [4.78, 5) is 0. The van der Waals surface area contributed by atoms with E-state index in [-0.39, 0.29) is 6.54 Å². The molecule has 0 N–H and O–H groups in total. The van der Waals surface area contributed by atoms with Gasteiger partial charge in [-0.25, -0.2) is 0 Å². The number of nitriles is 1. The molecule has 0 aliphatic heterocycles. The van der Waals surface area contributed by atoms with E-state index in [1.807, 2.05) is 18.2 Å². The standard InChI is InChI=1S/C14H11N3O/c1-3-11-6-12(8-14(7-11)18-2)13-9-16-17(10-13)5-4-15/h1,6-10H,5H2,2H3. The normalized spacial score (nSPS) is 9.50. The molecule has 1 aromatic carbocycles. The van der Waals surface area contributed by atoms with Crippen molar-refractivity contribution >= 4 is 0 Å². The minimum absolute atomic E-state index is 0.228. The summed E-state index contributed by atoms with van der Waals surface area (Å²) in [5.74, 6) is 3.29. The van der Waals surface area contributed by atoms with Gasteiger partial charge in [-0.15, -0.1) is 6.42 Å². The molecule has 88 valence electrons. The molecule has 0 bridgehead atoms. The van der Waals surface area contributed by atoms with Gasteiger partial charge in [-0.3, -0.25) is 4.68 Å². The molecule has 4 nitrogen and oxygen atoms in total. The molecule has 2 rings (SSSR count). The Bertz CT molecular complexity index is 644. The fourth-order valence-electron chi connectivity index (χ4n) is 1.64. The molecule has 0 saturated carbocycles. The van der Waals surface area contributed by atoms with Crippen LogP contribution in [0.15, 0.2) is 30.6 Å². The third kappa shape index (κ3) is 2.34. The van der Waals surface area contributed by atoms with Crippen LogP contribution >= 0.6 is 0 Å². The first-order valence-electron chi connectivity index (χ1n) is 5.32. The Morgan fingerprint density at radius 1 is 1.39 bits per heavy atom. The van der Waals surface area contributed by atoms with E-state index in [1.165, 1.54) is 0 Å². The number of aromatic nitrogens is 2. The second kappa shape index (κ2) is 5.07. The highest BCUT2D eigenvalue weighted by molar-refractivity contribution is 5.66. The summed E-state index contributed by atoms with van der Waals surface area (Å²) in [6.07, 6.45) is 8.91. The van der Waals surface area contributed by atoms with Crippen LogP contribution in [0, 0.1) is 23.7 Å². The van der Waals surface area contributed by atoms with Crippen molar-refractivity contribution in [3.8, 4) is 35.3 Å². The lowest BCUT2D eigenvalue weighted by molar-refractivity contribution is 0.415. The van der Waals surface area contributed by atoms with Gasteiger partial charge in [0.1, 0.15) is 12.3 Å². The maximum absolute atomic E-state index is 8.61. The maximum Gasteiger partial charge on any atom is 0.128 e. The predicted molar refractivity (Wildman–Crippen MR) is 67.8 cm³/mol. The quantitative estimate of drug-likeness (QED) is 0.768. The highest BCUT2D eigenvalue weighted by Gasteiger charge is 2.05. The van der Waals surface area contributed by atoms with E-state index in [1.54, 1.807) is 30.3 Å². The third-order valence-corrected chi connectivity index (χ3v) is 2.51. The number of methoxy groups -OCH3 is 1. The van der Waals surface area contributed by atoms with E-state index < -0.39 is 0 Å². The molecule has 2 aromatic rings. The van der Waals surface area contributed by atoms with Crippen molar-refractivity contribution in [2.75, 3.05) is 7.11 Å². The molecule has 0 spiro atoms. The van der Waals surface area contributed by atoms with Gasteiger partial charge in [-0.1, -0.05) is 5.92 Å². The first kappa shape index (κ1) is 11.8. The van der Waals surface area contributed by atoms with Gasteiger partial charge in [0.25, 0.3) is 0 Å². The zero-order valence-electron chi connectivity index (χ0n) is 9.92. The topological polar surface area (TPSA) is 50.8 Å². The van der Waals surface area contributed by atoms with E-state index in [9.17, 15) is 0 Å². The van der Waals surface area contributed by atoms with Crippen molar-refractivity contribution < 1.29 is 4.74 Å². The lowest BCUT2D eigenvalue weighted by Crippen LogP contribution is -1.94. The van der Waals surface area contributed by atoms with E-state index in [4.69, 9.17) is 16.4 Å². The highest BCUT2D eigenvalue weighted by atomic mass is 16.5. The van der Waals surface area contributed by atoms with E-state index in [0.29, 0.717) is 5.75 Å². The zero-order chi connectivity index (χ0) is 13.0. The van der Waals surface area contributed by atoms with E-state index in [2.05, 4.69) is 11.0 Å². The molecular formula is C14H11N3O. The fraction of sp³-hybridized carbons (Fsp3) is 0.143. The van der Waals surface area contributed by atoms with E-state index in [0.717, 1.165) is 16.7 Å². The average molecular weight is 237 g/mol. The van der Waals surface area contributed by atoms with Gasteiger partial charge in [0.05, 0.1) is 19.4 Å². The number of terminal acetylenes is 1. The molecule has 0 amide bonds. The molecule has 0 aliphatic rings. The first-order valence-corrected chi connectivity index (χ1v) is 5.32. The van der Waals surface area contributed by atoms with Crippen LogP contribution in [-0.2, 0) is 6.54 Å². The number of hydrogen-bond donors (Lipinski definition) is 0. The van der Waals surface area contributed by atoms with Crippen molar-refractivity contribution in [2.24, 2.45) is 0 Å². The van der Waals surface area contributed by atoms with Crippen LogP contribution in [0.3, 0.4) is 0 Å². The largest absolute Gasteiger partial charge is 0.497 e. The van der Waals surface area contributed by atoms with Gasteiger partial charge in [-0.05, 0) is 23.8 Å². The number of rotatable bonds is 3. The van der Waals surface area contributed by atoms with Gasteiger partial charge in [0, 0.05) is 17.3 Å². The maximum atomic E-state index is 8.61. The SMILES string of the molecule is C#Cc1cc(OC)cc(-c2cnn(CC#N)c2)c1. The Morgan fingerprint density at radius 2 is 2.22 bits per heavy atom. The summed E-state index contributed by atoms with van der Waals surface area (Å²) in [5.41, 5.74) is 2.57. The summed E-state index contributed by atoms with van der Waals surface area (Å²) in [5, 5.41) is 12.7. The summed E-state index contributed by atoms with van der Waals surface area (Å²) in [7, 11) is 1.60. The fourth-order valence-corrected chi connectivity index (χ4v) is 1.64. The molecular weight excluding hydrogens is 226 g/mol. The van der Waals surface area contributed by atoms with Crippen LogP contribution < -0.4 is 4.74 Å². The molecule has 0 aliphatic carbocycles. The highest BCUT2D eigenvalue weighted by Crippen LogP contribution is 2.25. The molecule has 0 unspecified atom stereocenters. The number of nitrogens with zero attached hydrogens (tertiary/aromatic N) is 3. The molecule has 4 heteroatoms. The molecule has 1 aromatic heterocycles. The van der Waals surface area contributed by atoms with Crippen molar-refractivity contribution in [2.45, 2.75) is 6.54 Å². The van der Waals surface area contributed by atoms with Crippen LogP contribution in [0.2, 0.25) is 0 Å². The van der Waals surface area contributed by atoms with Gasteiger partial charge >= 0.3 is 0 Å². The molecule has 0 radical (unpaired) electrons. The van der Waals surface area contributed by atoms with E-state index >= 15 is 0 Å². The molecule has 0 atom stereocenters. The second-order valence-electron chi connectivity index (χ2n) is 3.68. The minimum atomic E-state index is 0.228. The second-order valence-corrected chi connectivity index (χ2v) is 3.68. The predicted octanol–water partition coefficient (Wildman–Crippen LogP) is 2.06. The lowest BCUT2D eigenvalue weighted by Gasteiger charge is -2.04. The van der Waals surface area contributed by atoms with Crippen LogP contribution in [0.4, 0.5) is 0 Å². The average Bonchev–Trinajstić information content (AvgIpc) is 2.87. The Balaban J connectivity index is 2.43. The summed E-state index contributed by atoms with van der Waals surface area (Å²) < 4.78 is 6.77. The minimum Gasteiger partial charge on any atom is -0.497 e. The van der Waals surface area contributed by atoms with Crippen molar-refractivity contribution in [3.05, 3.63) is 36.2 Å². The Labute approximate surface area is 105 Å². The van der Waals surface area contributed by atoms with Crippen LogP contribution in [0.1, 0.15) is 5.56 Å². The number of ether oxygens (including phenoxy) is 1. The Kier molecular flexibility index (Phi) is 3.31. The third-order valence-electron chi connectivity index (χ3n) is 2.51. The van der Waals surface area contributed by atoms with Crippen molar-refractivity contribution in [3.63, 3.8) is 0 Å². The lowest BCUT2D eigenvalue weighted by atomic mass is 10.1. The molecule has 0 fully saturated rings. The molecule has 18 heavy (non-hydrogen) atoms. The Morgan fingerprint density at radius 3 is 2.89 bits per heavy atom. The van der Waals surface area contributed by atoms with Gasteiger partial charge in [-0.2, -0.15) is 10.4 Å². The monoisotopic (exact) mass is 237 g/mol.